The van der Waals surface area contributed by atoms with E-state index in [4.69, 9.17) is 0 Å². The summed E-state index contributed by atoms with van der Waals surface area (Å²) in [6.07, 6.45) is 7.45. The van der Waals surface area contributed by atoms with Crippen LogP contribution in [-0.4, -0.2) is 39.8 Å². The van der Waals surface area contributed by atoms with Crippen molar-refractivity contribution < 1.29 is 9.59 Å². The maximum absolute atomic E-state index is 12.8. The van der Waals surface area contributed by atoms with Gasteiger partial charge in [-0.3, -0.25) is 14.6 Å². The van der Waals surface area contributed by atoms with Crippen LogP contribution in [0, 0.1) is 0 Å². The number of nitrogens with one attached hydrogen (secondary N) is 1. The Hall–Kier alpha value is -1.91. The van der Waals surface area contributed by atoms with Gasteiger partial charge in [-0.25, -0.2) is 0 Å². The number of nitrogens with zero attached hydrogens (tertiary/aromatic N) is 2. The van der Waals surface area contributed by atoms with Crippen LogP contribution < -0.4 is 5.32 Å². The third-order valence-electron chi connectivity index (χ3n) is 4.78. The molecule has 2 aliphatic heterocycles. The molecule has 0 aromatic carbocycles. The molecule has 2 atom stereocenters. The van der Waals surface area contributed by atoms with Gasteiger partial charge in [0.2, 0.25) is 5.91 Å². The summed E-state index contributed by atoms with van der Waals surface area (Å²) in [5, 5.41) is 3.16. The minimum atomic E-state index is -0.220. The Bertz CT molecular complexity index is 546. The lowest BCUT2D eigenvalue weighted by Crippen LogP contribution is -2.63. The zero-order valence-electron chi connectivity index (χ0n) is 12.3. The van der Waals surface area contributed by atoms with E-state index >= 15 is 0 Å². The predicted octanol–water partition coefficient (Wildman–Crippen LogP) is 1.74. The van der Waals surface area contributed by atoms with Gasteiger partial charge < -0.3 is 10.2 Å². The zero-order valence-corrected chi connectivity index (χ0v) is 12.3. The predicted molar refractivity (Wildman–Crippen MR) is 78.7 cm³/mol. The molecule has 1 N–H and O–H groups in total. The second kappa shape index (κ2) is 5.47. The first-order valence-electron chi connectivity index (χ1n) is 7.68. The number of amides is 2. The zero-order chi connectivity index (χ0) is 14.9. The first kappa shape index (κ1) is 14.0. The molecule has 1 spiro atoms. The molecule has 0 saturated carbocycles. The van der Waals surface area contributed by atoms with E-state index in [-0.39, 0.29) is 23.4 Å². The number of aromatic nitrogens is 1. The third kappa shape index (κ3) is 2.41. The minimum absolute atomic E-state index is 0.0233. The Morgan fingerprint density at radius 3 is 3.00 bits per heavy atom. The van der Waals surface area contributed by atoms with E-state index in [0.717, 1.165) is 32.2 Å². The van der Waals surface area contributed by atoms with Crippen LogP contribution in [0.2, 0.25) is 0 Å². The molecule has 0 bridgehead atoms. The SMILES string of the molecule is CC[C@@H]1N(C(=O)c2cccnc2)CCC[C@]12CCC(=O)N2. The van der Waals surface area contributed by atoms with Gasteiger partial charge in [0.1, 0.15) is 0 Å². The summed E-state index contributed by atoms with van der Waals surface area (Å²) in [7, 11) is 0. The first-order valence-corrected chi connectivity index (χ1v) is 7.68. The van der Waals surface area contributed by atoms with Crippen molar-refractivity contribution in [1.82, 2.24) is 15.2 Å². The van der Waals surface area contributed by atoms with Crippen molar-refractivity contribution in [3.05, 3.63) is 30.1 Å². The van der Waals surface area contributed by atoms with E-state index in [1.807, 2.05) is 4.90 Å². The number of hydrogen-bond acceptors (Lipinski definition) is 3. The van der Waals surface area contributed by atoms with Gasteiger partial charge in [-0.2, -0.15) is 0 Å². The van der Waals surface area contributed by atoms with Gasteiger partial charge in [-0.15, -0.1) is 0 Å². The van der Waals surface area contributed by atoms with Gasteiger partial charge in [0, 0.05) is 25.4 Å². The average Bonchev–Trinajstić information content (AvgIpc) is 2.88. The molecule has 0 radical (unpaired) electrons. The van der Waals surface area contributed by atoms with Crippen LogP contribution in [0.3, 0.4) is 0 Å². The molecule has 2 amide bonds. The van der Waals surface area contributed by atoms with Crippen LogP contribution in [0.1, 0.15) is 49.4 Å². The number of carbonyl (C=O) groups excluding carboxylic acids is 2. The fraction of sp³-hybridized carbons (Fsp3) is 0.562. The molecular weight excluding hydrogens is 266 g/mol. The molecule has 5 heteroatoms. The van der Waals surface area contributed by atoms with Crippen molar-refractivity contribution in [3.8, 4) is 0 Å². The number of piperidine rings is 1. The number of pyridine rings is 1. The molecule has 3 heterocycles. The van der Waals surface area contributed by atoms with Crippen LogP contribution >= 0.6 is 0 Å². The molecule has 0 unspecified atom stereocenters. The minimum Gasteiger partial charge on any atom is -0.349 e. The highest BCUT2D eigenvalue weighted by Gasteiger charge is 2.49. The van der Waals surface area contributed by atoms with E-state index in [9.17, 15) is 9.59 Å². The van der Waals surface area contributed by atoms with Crippen molar-refractivity contribution in [1.29, 1.82) is 0 Å². The van der Waals surface area contributed by atoms with Gasteiger partial charge in [-0.05, 0) is 37.8 Å². The molecule has 1 aromatic heterocycles. The topological polar surface area (TPSA) is 62.3 Å². The third-order valence-corrected chi connectivity index (χ3v) is 4.78. The highest BCUT2D eigenvalue weighted by molar-refractivity contribution is 5.94. The second-order valence-electron chi connectivity index (χ2n) is 5.97. The largest absolute Gasteiger partial charge is 0.349 e. The Morgan fingerprint density at radius 1 is 1.52 bits per heavy atom. The molecule has 112 valence electrons. The van der Waals surface area contributed by atoms with Crippen LogP contribution in [0.4, 0.5) is 0 Å². The highest BCUT2D eigenvalue weighted by atomic mass is 16.2. The molecule has 2 fully saturated rings. The molecule has 0 aliphatic carbocycles. The lowest BCUT2D eigenvalue weighted by atomic mass is 9.78. The monoisotopic (exact) mass is 287 g/mol. The van der Waals surface area contributed by atoms with Crippen LogP contribution in [0.15, 0.2) is 24.5 Å². The van der Waals surface area contributed by atoms with E-state index in [0.29, 0.717) is 12.0 Å². The number of carbonyl (C=O) groups is 2. The highest BCUT2D eigenvalue weighted by Crippen LogP contribution is 2.37. The van der Waals surface area contributed by atoms with Crippen molar-refractivity contribution in [2.75, 3.05) is 6.54 Å². The maximum atomic E-state index is 12.8. The standard InChI is InChI=1S/C16H21N3O2/c1-2-13-16(8-6-14(20)18-16)7-4-10-19(13)15(21)12-5-3-9-17-11-12/h3,5,9,11,13H,2,4,6-8,10H2,1H3,(H,18,20)/t13-,16-/m0/s1. The molecule has 5 nitrogen and oxygen atoms in total. The summed E-state index contributed by atoms with van der Waals surface area (Å²) in [4.78, 5) is 30.4. The normalized spacial score (nSPS) is 28.7. The van der Waals surface area contributed by atoms with E-state index < -0.39 is 0 Å². The Labute approximate surface area is 124 Å². The summed E-state index contributed by atoms with van der Waals surface area (Å²) in [5.74, 6) is 0.138. The summed E-state index contributed by atoms with van der Waals surface area (Å²) in [6.45, 7) is 2.84. The summed E-state index contributed by atoms with van der Waals surface area (Å²) < 4.78 is 0. The van der Waals surface area contributed by atoms with Gasteiger partial charge in [0.05, 0.1) is 17.1 Å². The van der Waals surface area contributed by atoms with E-state index in [1.54, 1.807) is 24.5 Å². The summed E-state index contributed by atoms with van der Waals surface area (Å²) in [6, 6.07) is 3.66. The van der Waals surface area contributed by atoms with Crippen LogP contribution in [0.25, 0.3) is 0 Å². The Balaban J connectivity index is 1.88. The first-order chi connectivity index (χ1) is 10.2. The molecule has 1 aromatic rings. The molecule has 21 heavy (non-hydrogen) atoms. The van der Waals surface area contributed by atoms with Crippen LogP contribution in [-0.2, 0) is 4.79 Å². The molecule has 2 saturated heterocycles. The molecular formula is C16H21N3O2. The van der Waals surface area contributed by atoms with Gasteiger partial charge in [0.15, 0.2) is 0 Å². The molecule has 3 rings (SSSR count). The Kier molecular flexibility index (Phi) is 3.66. The number of rotatable bonds is 2. The lowest BCUT2D eigenvalue weighted by Gasteiger charge is -2.48. The quantitative estimate of drug-likeness (QED) is 0.901. The van der Waals surface area contributed by atoms with Crippen molar-refractivity contribution >= 4 is 11.8 Å². The fourth-order valence-corrected chi connectivity index (χ4v) is 3.87. The smallest absolute Gasteiger partial charge is 0.255 e. The fourth-order valence-electron chi connectivity index (χ4n) is 3.87. The average molecular weight is 287 g/mol. The molecule has 2 aliphatic rings. The van der Waals surface area contributed by atoms with Crippen molar-refractivity contribution in [3.63, 3.8) is 0 Å². The maximum Gasteiger partial charge on any atom is 0.255 e. The number of likely N-dealkylation sites (tertiary alicyclic amines) is 1. The van der Waals surface area contributed by atoms with Crippen molar-refractivity contribution in [2.24, 2.45) is 0 Å². The Morgan fingerprint density at radius 2 is 2.38 bits per heavy atom. The van der Waals surface area contributed by atoms with E-state index in [1.165, 1.54) is 0 Å². The van der Waals surface area contributed by atoms with Gasteiger partial charge >= 0.3 is 0 Å². The second-order valence-corrected chi connectivity index (χ2v) is 5.97. The van der Waals surface area contributed by atoms with Gasteiger partial charge in [0.25, 0.3) is 5.91 Å². The lowest BCUT2D eigenvalue weighted by molar-refractivity contribution is -0.120. The summed E-state index contributed by atoms with van der Waals surface area (Å²) in [5.41, 5.74) is 0.402. The number of hydrogen-bond donors (Lipinski definition) is 1. The summed E-state index contributed by atoms with van der Waals surface area (Å²) >= 11 is 0. The van der Waals surface area contributed by atoms with Crippen molar-refractivity contribution in [2.45, 2.75) is 50.6 Å². The van der Waals surface area contributed by atoms with Crippen LogP contribution in [0.5, 0.6) is 0 Å². The van der Waals surface area contributed by atoms with Gasteiger partial charge in [-0.1, -0.05) is 6.92 Å². The van der Waals surface area contributed by atoms with E-state index in [2.05, 4.69) is 17.2 Å².